The normalized spacial score (nSPS) is 11.6. The molecular weight excluding hydrogens is 331 g/mol. The van der Waals surface area contributed by atoms with Crippen molar-refractivity contribution in [2.24, 2.45) is 4.99 Å². The van der Waals surface area contributed by atoms with Crippen LogP contribution in [0.1, 0.15) is 5.56 Å². The molecule has 0 aliphatic heterocycles. The van der Waals surface area contributed by atoms with Crippen molar-refractivity contribution in [2.75, 3.05) is 0 Å². The second-order valence-electron chi connectivity index (χ2n) is 4.67. The van der Waals surface area contributed by atoms with E-state index in [1.54, 1.807) is 18.3 Å². The van der Waals surface area contributed by atoms with E-state index in [9.17, 15) is 0 Å². The van der Waals surface area contributed by atoms with Crippen LogP contribution in [0.5, 0.6) is 0 Å². The fourth-order valence-electron chi connectivity index (χ4n) is 1.96. The van der Waals surface area contributed by atoms with Crippen LogP contribution in [-0.2, 0) is 0 Å². The van der Waals surface area contributed by atoms with E-state index in [-0.39, 0.29) is 11.2 Å². The number of rotatable bonds is 4. The minimum atomic E-state index is 0.200. The Balaban J connectivity index is 1.74. The number of aromatic nitrogens is 1. The lowest BCUT2D eigenvalue weighted by Gasteiger charge is -1.95. The van der Waals surface area contributed by atoms with Gasteiger partial charge >= 0.3 is 6.01 Å². The third-order valence-electron chi connectivity index (χ3n) is 3.05. The highest BCUT2D eigenvalue weighted by Gasteiger charge is 2.12. The summed E-state index contributed by atoms with van der Waals surface area (Å²) in [5, 5.41) is 0.851. The summed E-state index contributed by atoms with van der Waals surface area (Å²) in [6.45, 7) is 0. The summed E-state index contributed by atoms with van der Waals surface area (Å²) in [4.78, 5) is 8.43. The molecule has 0 fully saturated rings. The van der Waals surface area contributed by atoms with Gasteiger partial charge in [0.15, 0.2) is 0 Å². The van der Waals surface area contributed by atoms with Gasteiger partial charge in [0, 0.05) is 16.8 Å². The summed E-state index contributed by atoms with van der Waals surface area (Å²) >= 11 is 11.9. The molecule has 0 bridgehead atoms. The first kappa shape index (κ1) is 15.5. The van der Waals surface area contributed by atoms with E-state index < -0.39 is 0 Å². The van der Waals surface area contributed by atoms with Gasteiger partial charge < -0.3 is 4.42 Å². The SMILES string of the molecule is Clc1ccc(-c2nc(/N=C/C=C/c3ccccc3)oc2Cl)cc1. The number of nitrogens with zero attached hydrogens (tertiary/aromatic N) is 2. The van der Waals surface area contributed by atoms with Gasteiger partial charge in [-0.2, -0.15) is 4.98 Å². The van der Waals surface area contributed by atoms with Gasteiger partial charge in [0.25, 0.3) is 0 Å². The molecule has 3 rings (SSSR count). The Labute approximate surface area is 143 Å². The smallest absolute Gasteiger partial charge is 0.323 e. The molecule has 0 aliphatic rings. The average molecular weight is 343 g/mol. The van der Waals surface area contributed by atoms with Crippen LogP contribution >= 0.6 is 23.2 Å². The van der Waals surface area contributed by atoms with Crippen molar-refractivity contribution in [3.05, 3.63) is 76.5 Å². The van der Waals surface area contributed by atoms with Crippen LogP contribution in [0, 0.1) is 0 Å². The van der Waals surface area contributed by atoms with E-state index in [4.69, 9.17) is 27.6 Å². The molecule has 0 spiro atoms. The number of aliphatic imine (C=N–C) groups is 1. The molecule has 0 aliphatic carbocycles. The lowest BCUT2D eigenvalue weighted by Crippen LogP contribution is -1.77. The lowest BCUT2D eigenvalue weighted by molar-refractivity contribution is 0.572. The third kappa shape index (κ3) is 4.09. The van der Waals surface area contributed by atoms with Crippen molar-refractivity contribution < 1.29 is 4.42 Å². The van der Waals surface area contributed by atoms with Gasteiger partial charge in [-0.1, -0.05) is 60.1 Å². The zero-order chi connectivity index (χ0) is 16.1. The summed E-state index contributed by atoms with van der Waals surface area (Å²) in [6.07, 6.45) is 5.37. The van der Waals surface area contributed by atoms with E-state index in [1.165, 1.54) is 0 Å². The molecule has 1 heterocycles. The Kier molecular flexibility index (Phi) is 4.91. The average Bonchev–Trinajstić information content (AvgIpc) is 2.94. The minimum absolute atomic E-state index is 0.200. The topological polar surface area (TPSA) is 38.4 Å². The molecule has 3 aromatic rings. The van der Waals surface area contributed by atoms with Crippen LogP contribution < -0.4 is 0 Å². The predicted octanol–water partition coefficient (Wildman–Crippen LogP) is 6.06. The van der Waals surface area contributed by atoms with Crippen molar-refractivity contribution in [1.29, 1.82) is 0 Å². The monoisotopic (exact) mass is 342 g/mol. The molecule has 0 unspecified atom stereocenters. The maximum absolute atomic E-state index is 6.07. The maximum Gasteiger partial charge on any atom is 0.323 e. The fourth-order valence-corrected chi connectivity index (χ4v) is 2.30. The van der Waals surface area contributed by atoms with E-state index in [2.05, 4.69) is 9.98 Å². The second kappa shape index (κ2) is 7.27. The Morgan fingerprint density at radius 1 is 0.957 bits per heavy atom. The van der Waals surface area contributed by atoms with E-state index in [0.717, 1.165) is 11.1 Å². The van der Waals surface area contributed by atoms with Crippen molar-refractivity contribution in [3.8, 4) is 11.3 Å². The highest BCUT2D eigenvalue weighted by Crippen LogP contribution is 2.31. The standard InChI is InChI=1S/C18H12Cl2N2O/c19-15-10-8-14(9-11-15)16-17(20)23-18(22-16)21-12-4-7-13-5-2-1-3-6-13/h1-12H/b7-4+,21-12+. The molecule has 5 heteroatoms. The maximum atomic E-state index is 6.07. The molecule has 0 amide bonds. The molecule has 23 heavy (non-hydrogen) atoms. The van der Waals surface area contributed by atoms with Crippen molar-refractivity contribution in [2.45, 2.75) is 0 Å². The lowest BCUT2D eigenvalue weighted by atomic mass is 10.2. The van der Waals surface area contributed by atoms with Crippen LogP contribution in [0.25, 0.3) is 17.3 Å². The van der Waals surface area contributed by atoms with Gasteiger partial charge in [-0.05, 0) is 35.4 Å². The van der Waals surface area contributed by atoms with Crippen LogP contribution in [0.4, 0.5) is 6.01 Å². The molecule has 114 valence electrons. The Bertz CT molecular complexity index is 837. The number of oxazole rings is 1. The van der Waals surface area contributed by atoms with Crippen LogP contribution in [-0.4, -0.2) is 11.2 Å². The molecule has 3 nitrogen and oxygen atoms in total. The number of halogens is 2. The molecule has 0 N–H and O–H groups in total. The molecule has 2 aromatic carbocycles. The zero-order valence-corrected chi connectivity index (χ0v) is 13.5. The Morgan fingerprint density at radius 3 is 2.43 bits per heavy atom. The molecule has 0 saturated heterocycles. The second-order valence-corrected chi connectivity index (χ2v) is 5.45. The number of allylic oxidation sites excluding steroid dienone is 1. The van der Waals surface area contributed by atoms with Gasteiger partial charge in [-0.15, -0.1) is 0 Å². The first-order valence-electron chi connectivity index (χ1n) is 6.90. The van der Waals surface area contributed by atoms with Gasteiger partial charge in [-0.3, -0.25) is 0 Å². The summed E-state index contributed by atoms with van der Waals surface area (Å²) in [6, 6.07) is 17.3. The number of hydrogen-bond acceptors (Lipinski definition) is 3. The first-order chi connectivity index (χ1) is 11.2. The van der Waals surface area contributed by atoms with Gasteiger partial charge in [0.2, 0.25) is 5.22 Å². The zero-order valence-electron chi connectivity index (χ0n) is 12.0. The third-order valence-corrected chi connectivity index (χ3v) is 3.56. The minimum Gasteiger partial charge on any atom is -0.409 e. The number of benzene rings is 2. The van der Waals surface area contributed by atoms with Crippen LogP contribution in [0.15, 0.2) is 70.1 Å². The summed E-state index contributed by atoms with van der Waals surface area (Å²) in [5.41, 5.74) is 2.46. The molecular formula is C18H12Cl2N2O. The summed E-state index contributed by atoms with van der Waals surface area (Å²) in [5.74, 6) is 0. The number of hydrogen-bond donors (Lipinski definition) is 0. The highest BCUT2D eigenvalue weighted by atomic mass is 35.5. The molecule has 0 radical (unpaired) electrons. The summed E-state index contributed by atoms with van der Waals surface area (Å²) < 4.78 is 5.34. The highest BCUT2D eigenvalue weighted by molar-refractivity contribution is 6.31. The Hall–Kier alpha value is -2.36. The van der Waals surface area contributed by atoms with Crippen molar-refractivity contribution in [3.63, 3.8) is 0 Å². The van der Waals surface area contributed by atoms with Gasteiger partial charge in [-0.25, -0.2) is 4.99 Å². The van der Waals surface area contributed by atoms with E-state index in [0.29, 0.717) is 10.7 Å². The predicted molar refractivity (Wildman–Crippen MR) is 95.6 cm³/mol. The van der Waals surface area contributed by atoms with Crippen molar-refractivity contribution in [1.82, 2.24) is 4.98 Å². The van der Waals surface area contributed by atoms with E-state index in [1.807, 2.05) is 54.6 Å². The Morgan fingerprint density at radius 2 is 1.70 bits per heavy atom. The van der Waals surface area contributed by atoms with Gasteiger partial charge in [0.05, 0.1) is 0 Å². The van der Waals surface area contributed by atoms with Crippen LogP contribution in [0.2, 0.25) is 10.2 Å². The largest absolute Gasteiger partial charge is 0.409 e. The molecule has 1 aromatic heterocycles. The van der Waals surface area contributed by atoms with Crippen LogP contribution in [0.3, 0.4) is 0 Å². The quantitative estimate of drug-likeness (QED) is 0.540. The summed E-state index contributed by atoms with van der Waals surface area (Å²) in [7, 11) is 0. The molecule has 0 saturated carbocycles. The molecule has 0 atom stereocenters. The van der Waals surface area contributed by atoms with Crippen molar-refractivity contribution >= 4 is 41.5 Å². The van der Waals surface area contributed by atoms with Gasteiger partial charge in [0.1, 0.15) is 5.69 Å². The first-order valence-corrected chi connectivity index (χ1v) is 7.66. The van der Waals surface area contributed by atoms with E-state index >= 15 is 0 Å². The fraction of sp³-hybridized carbons (Fsp3) is 0.